The second-order valence-electron chi connectivity index (χ2n) is 9.86. The molecule has 2 aliphatic heterocycles. The monoisotopic (exact) mass is 504 g/mol. The zero-order chi connectivity index (χ0) is 25.9. The van der Waals surface area contributed by atoms with Gasteiger partial charge in [-0.25, -0.2) is 4.79 Å². The molecule has 2 fully saturated rings. The van der Waals surface area contributed by atoms with Crippen molar-refractivity contribution in [1.82, 2.24) is 10.2 Å². The van der Waals surface area contributed by atoms with Gasteiger partial charge in [-0.15, -0.1) is 0 Å². The maximum Gasteiger partial charge on any atom is 0.416 e. The van der Waals surface area contributed by atoms with Crippen molar-refractivity contribution in [3.8, 4) is 0 Å². The fourth-order valence-electron chi connectivity index (χ4n) is 5.10. The average Bonchev–Trinajstić information content (AvgIpc) is 2.87. The first kappa shape index (κ1) is 26.2. The van der Waals surface area contributed by atoms with Gasteiger partial charge >= 0.3 is 12.1 Å². The summed E-state index contributed by atoms with van der Waals surface area (Å²) in [5, 5.41) is 12.0. The van der Waals surface area contributed by atoms with Gasteiger partial charge in [-0.2, -0.15) is 13.2 Å². The highest BCUT2D eigenvalue weighted by Gasteiger charge is 2.40. The van der Waals surface area contributed by atoms with Crippen LogP contribution in [-0.2, 0) is 22.3 Å². The Kier molecular flexibility index (Phi) is 7.70. The standard InChI is InChI=1S/C27H31F3N2O4/c1-26(25(35)31-16-18-4-2-7-22(14-18)27(28,29)30)11-8-23(17-36-26)32-12-9-19(10-13-32)20-5-3-6-21(15-20)24(33)34/h2-7,14-15,19,23H,8-13,16-17H2,1H3,(H,31,35)(H,33,34)/t23-,26?/m1/s1. The van der Waals surface area contributed by atoms with Gasteiger partial charge in [-0.05, 0) is 87.0 Å². The van der Waals surface area contributed by atoms with E-state index < -0.39 is 23.3 Å². The largest absolute Gasteiger partial charge is 0.478 e. The van der Waals surface area contributed by atoms with Gasteiger partial charge in [0.15, 0.2) is 0 Å². The molecule has 4 rings (SSSR count). The fourth-order valence-corrected chi connectivity index (χ4v) is 5.10. The number of carboxylic acids is 1. The van der Waals surface area contributed by atoms with Crippen LogP contribution in [0.2, 0.25) is 0 Å². The highest BCUT2D eigenvalue weighted by molar-refractivity contribution is 5.87. The first-order valence-corrected chi connectivity index (χ1v) is 12.2. The number of carboxylic acid groups (broad SMARTS) is 1. The minimum atomic E-state index is -4.43. The van der Waals surface area contributed by atoms with Gasteiger partial charge in [-0.1, -0.05) is 24.3 Å². The number of benzene rings is 2. The molecule has 9 heteroatoms. The van der Waals surface area contributed by atoms with Gasteiger partial charge in [0.05, 0.1) is 17.7 Å². The Morgan fingerprint density at radius 1 is 1.11 bits per heavy atom. The van der Waals surface area contributed by atoms with E-state index >= 15 is 0 Å². The van der Waals surface area contributed by atoms with Crippen molar-refractivity contribution >= 4 is 11.9 Å². The zero-order valence-electron chi connectivity index (χ0n) is 20.2. The molecule has 0 aliphatic carbocycles. The lowest BCUT2D eigenvalue weighted by Crippen LogP contribution is -2.54. The van der Waals surface area contributed by atoms with Crippen LogP contribution in [-0.4, -0.2) is 53.2 Å². The molecule has 36 heavy (non-hydrogen) atoms. The van der Waals surface area contributed by atoms with E-state index in [1.165, 1.54) is 6.07 Å². The van der Waals surface area contributed by atoms with Crippen molar-refractivity contribution in [2.24, 2.45) is 0 Å². The van der Waals surface area contributed by atoms with Crippen molar-refractivity contribution < 1.29 is 32.6 Å². The third-order valence-corrected chi connectivity index (χ3v) is 7.39. The van der Waals surface area contributed by atoms with Gasteiger partial charge in [0, 0.05) is 12.6 Å². The minimum absolute atomic E-state index is 0.00171. The number of ether oxygens (including phenoxy) is 1. The van der Waals surface area contributed by atoms with E-state index in [1.807, 2.05) is 6.07 Å². The lowest BCUT2D eigenvalue weighted by Gasteiger charge is -2.43. The molecule has 0 spiro atoms. The normalized spacial score (nSPS) is 23.8. The Morgan fingerprint density at radius 2 is 1.83 bits per heavy atom. The highest BCUT2D eigenvalue weighted by Crippen LogP contribution is 2.33. The van der Waals surface area contributed by atoms with Crippen molar-refractivity contribution in [3.63, 3.8) is 0 Å². The molecule has 0 saturated carbocycles. The molecule has 1 amide bonds. The topological polar surface area (TPSA) is 78.9 Å². The van der Waals surface area contributed by atoms with Crippen molar-refractivity contribution in [2.75, 3.05) is 19.7 Å². The number of amides is 1. The summed E-state index contributed by atoms with van der Waals surface area (Å²) in [5.74, 6) is -0.928. The molecule has 2 aromatic rings. The molecule has 0 aromatic heterocycles. The number of likely N-dealkylation sites (tertiary alicyclic amines) is 1. The molecular weight excluding hydrogens is 473 g/mol. The molecule has 2 N–H and O–H groups in total. The number of hydrogen-bond donors (Lipinski definition) is 2. The van der Waals surface area contributed by atoms with Crippen LogP contribution >= 0.6 is 0 Å². The Morgan fingerprint density at radius 3 is 2.47 bits per heavy atom. The van der Waals surface area contributed by atoms with Crippen LogP contribution in [0.25, 0.3) is 0 Å². The van der Waals surface area contributed by atoms with Crippen LogP contribution in [0.5, 0.6) is 0 Å². The summed E-state index contributed by atoms with van der Waals surface area (Å²) in [4.78, 5) is 26.5. The second-order valence-corrected chi connectivity index (χ2v) is 9.86. The number of carbonyl (C=O) groups is 2. The van der Waals surface area contributed by atoms with Gasteiger partial charge in [0.1, 0.15) is 5.60 Å². The zero-order valence-corrected chi connectivity index (χ0v) is 20.2. The van der Waals surface area contributed by atoms with E-state index in [-0.39, 0.29) is 18.5 Å². The van der Waals surface area contributed by atoms with E-state index in [1.54, 1.807) is 31.2 Å². The van der Waals surface area contributed by atoms with E-state index in [9.17, 15) is 27.9 Å². The summed E-state index contributed by atoms with van der Waals surface area (Å²) in [7, 11) is 0. The predicted octanol–water partition coefficient (Wildman–Crippen LogP) is 4.84. The van der Waals surface area contributed by atoms with E-state index in [2.05, 4.69) is 10.2 Å². The lowest BCUT2D eigenvalue weighted by atomic mass is 9.86. The second kappa shape index (κ2) is 10.6. The number of aromatic carboxylic acids is 1. The molecular formula is C27H31F3N2O4. The number of hydrogen-bond acceptors (Lipinski definition) is 4. The number of halogens is 3. The maximum absolute atomic E-state index is 12.9. The van der Waals surface area contributed by atoms with Crippen LogP contribution in [0, 0.1) is 0 Å². The maximum atomic E-state index is 12.9. The molecule has 194 valence electrons. The summed E-state index contributed by atoms with van der Waals surface area (Å²) >= 11 is 0. The van der Waals surface area contributed by atoms with Crippen LogP contribution < -0.4 is 5.32 Å². The SMILES string of the molecule is CC1(C(=O)NCc2cccc(C(F)(F)F)c2)CC[C@@H](N2CCC(c3cccc(C(=O)O)c3)CC2)CO1. The summed E-state index contributed by atoms with van der Waals surface area (Å²) in [6.45, 7) is 3.88. The van der Waals surface area contributed by atoms with Crippen LogP contribution in [0.15, 0.2) is 48.5 Å². The Balaban J connectivity index is 1.26. The number of piperidine rings is 1. The first-order chi connectivity index (χ1) is 17.0. The Labute approximate surface area is 208 Å². The Hall–Kier alpha value is -2.91. The first-order valence-electron chi connectivity index (χ1n) is 12.2. The van der Waals surface area contributed by atoms with E-state index in [0.717, 1.165) is 50.0 Å². The van der Waals surface area contributed by atoms with Gasteiger partial charge in [0.25, 0.3) is 5.91 Å². The third-order valence-electron chi connectivity index (χ3n) is 7.39. The van der Waals surface area contributed by atoms with Gasteiger partial charge < -0.3 is 15.2 Å². The minimum Gasteiger partial charge on any atom is -0.478 e. The third kappa shape index (κ3) is 6.07. The van der Waals surface area contributed by atoms with Crippen molar-refractivity contribution in [2.45, 2.75) is 62.9 Å². The molecule has 0 radical (unpaired) electrons. The smallest absolute Gasteiger partial charge is 0.416 e. The van der Waals surface area contributed by atoms with Crippen molar-refractivity contribution in [3.05, 3.63) is 70.8 Å². The molecule has 2 aromatic carbocycles. The highest BCUT2D eigenvalue weighted by atomic mass is 19.4. The lowest BCUT2D eigenvalue weighted by molar-refractivity contribution is -0.157. The van der Waals surface area contributed by atoms with Gasteiger partial charge in [0.2, 0.25) is 0 Å². The predicted molar refractivity (Wildman–Crippen MR) is 128 cm³/mol. The Bertz CT molecular complexity index is 1090. The fraction of sp³-hybridized carbons (Fsp3) is 0.481. The number of nitrogens with zero attached hydrogens (tertiary/aromatic N) is 1. The quantitative estimate of drug-likeness (QED) is 0.589. The molecule has 2 aliphatic rings. The van der Waals surface area contributed by atoms with E-state index in [0.29, 0.717) is 30.1 Å². The average molecular weight is 505 g/mol. The summed E-state index contributed by atoms with van der Waals surface area (Å²) in [6.07, 6.45) is -1.27. The number of rotatable bonds is 6. The molecule has 2 atom stereocenters. The summed E-state index contributed by atoms with van der Waals surface area (Å²) in [6, 6.07) is 12.3. The van der Waals surface area contributed by atoms with Crippen LogP contribution in [0.4, 0.5) is 13.2 Å². The molecule has 1 unspecified atom stereocenters. The van der Waals surface area contributed by atoms with Crippen LogP contribution in [0.3, 0.4) is 0 Å². The number of alkyl halides is 3. The van der Waals surface area contributed by atoms with E-state index in [4.69, 9.17) is 4.74 Å². The molecule has 0 bridgehead atoms. The summed E-state index contributed by atoms with van der Waals surface area (Å²) < 4.78 is 44.8. The van der Waals surface area contributed by atoms with Gasteiger partial charge in [-0.3, -0.25) is 9.69 Å². The molecule has 6 nitrogen and oxygen atoms in total. The van der Waals surface area contributed by atoms with Crippen LogP contribution in [0.1, 0.15) is 65.6 Å². The molecule has 2 saturated heterocycles. The summed E-state index contributed by atoms with van der Waals surface area (Å²) in [5.41, 5.74) is -0.0169. The molecule has 2 heterocycles. The van der Waals surface area contributed by atoms with Crippen molar-refractivity contribution in [1.29, 1.82) is 0 Å². The number of nitrogens with one attached hydrogen (secondary N) is 1. The number of carbonyl (C=O) groups excluding carboxylic acids is 1.